The zero-order chi connectivity index (χ0) is 20.1. The normalized spacial score (nSPS) is 15.7. The lowest BCUT2D eigenvalue weighted by Crippen LogP contribution is -2.20. The third kappa shape index (κ3) is 4.52. The van der Waals surface area contributed by atoms with Gasteiger partial charge in [-0.05, 0) is 6.42 Å². The van der Waals surface area contributed by atoms with Gasteiger partial charge in [-0.15, -0.1) is 0 Å². The molecule has 1 aliphatic heterocycles. The van der Waals surface area contributed by atoms with Crippen LogP contribution >= 0.6 is 0 Å². The van der Waals surface area contributed by atoms with Crippen molar-refractivity contribution < 1.29 is 14.2 Å². The first-order valence-electron chi connectivity index (χ1n) is 9.22. The highest BCUT2D eigenvalue weighted by molar-refractivity contribution is 5.75. The molecule has 2 N–H and O–H groups in total. The molecule has 2 aromatic heterocycles. The summed E-state index contributed by atoms with van der Waals surface area (Å²) in [4.78, 5) is 17.4. The second-order valence-corrected chi connectivity index (χ2v) is 6.51. The van der Waals surface area contributed by atoms with E-state index in [0.717, 1.165) is 29.8 Å². The molecule has 0 radical (unpaired) electrons. The van der Waals surface area contributed by atoms with Gasteiger partial charge >= 0.3 is 0 Å². The van der Waals surface area contributed by atoms with Gasteiger partial charge in [-0.1, -0.05) is 0 Å². The Morgan fingerprint density at radius 2 is 1.79 bits per heavy atom. The highest BCUT2D eigenvalue weighted by atomic mass is 16.5. The summed E-state index contributed by atoms with van der Waals surface area (Å²) >= 11 is 0. The molecular weight excluding hydrogens is 372 g/mol. The largest absolute Gasteiger partial charge is 0.497 e. The number of nitrogens with one attached hydrogen (secondary N) is 2. The minimum absolute atomic E-state index is 0.193. The third-order valence-electron chi connectivity index (χ3n) is 4.54. The Morgan fingerprint density at radius 3 is 2.45 bits per heavy atom. The molecule has 0 saturated carbocycles. The topological polar surface area (TPSA) is 103 Å². The first-order chi connectivity index (χ1) is 14.2. The molecule has 4 rings (SSSR count). The molecule has 0 amide bonds. The minimum Gasteiger partial charge on any atom is -0.497 e. The van der Waals surface area contributed by atoms with Gasteiger partial charge in [0.1, 0.15) is 23.6 Å². The summed E-state index contributed by atoms with van der Waals surface area (Å²) in [6, 6.07) is 5.70. The molecule has 3 heterocycles. The molecule has 29 heavy (non-hydrogen) atoms. The maximum atomic E-state index is 5.48. The quantitative estimate of drug-likeness (QED) is 0.626. The van der Waals surface area contributed by atoms with Crippen LogP contribution in [0.15, 0.2) is 43.1 Å². The first kappa shape index (κ1) is 18.9. The van der Waals surface area contributed by atoms with Crippen LogP contribution in [-0.2, 0) is 4.74 Å². The molecule has 0 bridgehead atoms. The van der Waals surface area contributed by atoms with Crippen molar-refractivity contribution in [2.24, 2.45) is 0 Å². The Morgan fingerprint density at radius 1 is 1.03 bits per heavy atom. The number of benzene rings is 1. The van der Waals surface area contributed by atoms with E-state index in [9.17, 15) is 0 Å². The van der Waals surface area contributed by atoms with Crippen molar-refractivity contribution in [1.29, 1.82) is 0 Å². The van der Waals surface area contributed by atoms with E-state index in [1.807, 2.05) is 12.1 Å². The van der Waals surface area contributed by atoms with Gasteiger partial charge in [0.15, 0.2) is 0 Å². The number of anilines is 3. The molecule has 1 aromatic carbocycles. The van der Waals surface area contributed by atoms with Crippen molar-refractivity contribution in [3.05, 3.63) is 43.1 Å². The molecule has 1 atom stereocenters. The fraction of sp³-hybridized carbons (Fsp3) is 0.300. The van der Waals surface area contributed by atoms with E-state index in [0.29, 0.717) is 29.9 Å². The number of nitrogens with zero attached hydrogens (tertiary/aromatic N) is 4. The van der Waals surface area contributed by atoms with E-state index < -0.39 is 0 Å². The number of methoxy groups -OCH3 is 2. The highest BCUT2D eigenvalue weighted by Crippen LogP contribution is 2.30. The Balaban J connectivity index is 1.66. The Labute approximate surface area is 168 Å². The SMILES string of the molecule is COc1cc(Nc2ncc(-c3cncnc3)c(N[C@@H]3CCOC3)n2)cc(OC)c1. The summed E-state index contributed by atoms with van der Waals surface area (Å²) in [5, 5.41) is 6.67. The second-order valence-electron chi connectivity index (χ2n) is 6.51. The summed E-state index contributed by atoms with van der Waals surface area (Å²) in [7, 11) is 3.22. The first-order valence-corrected chi connectivity index (χ1v) is 9.22. The molecule has 3 aromatic rings. The van der Waals surface area contributed by atoms with Gasteiger partial charge in [0.25, 0.3) is 0 Å². The minimum atomic E-state index is 0.193. The lowest BCUT2D eigenvalue weighted by Gasteiger charge is -2.16. The van der Waals surface area contributed by atoms with Crippen LogP contribution in [0.4, 0.5) is 17.5 Å². The van der Waals surface area contributed by atoms with Crippen molar-refractivity contribution in [2.45, 2.75) is 12.5 Å². The van der Waals surface area contributed by atoms with Gasteiger partial charge in [0, 0.05) is 60.2 Å². The summed E-state index contributed by atoms with van der Waals surface area (Å²) in [6.07, 6.45) is 7.65. The van der Waals surface area contributed by atoms with Gasteiger partial charge < -0.3 is 24.8 Å². The van der Waals surface area contributed by atoms with E-state index in [-0.39, 0.29) is 6.04 Å². The smallest absolute Gasteiger partial charge is 0.229 e. The molecule has 0 aliphatic carbocycles. The van der Waals surface area contributed by atoms with Crippen LogP contribution in [0.3, 0.4) is 0 Å². The maximum Gasteiger partial charge on any atom is 0.229 e. The molecule has 1 fully saturated rings. The van der Waals surface area contributed by atoms with Crippen LogP contribution < -0.4 is 20.1 Å². The van der Waals surface area contributed by atoms with E-state index in [1.54, 1.807) is 38.9 Å². The van der Waals surface area contributed by atoms with E-state index in [4.69, 9.17) is 19.2 Å². The second kappa shape index (κ2) is 8.70. The summed E-state index contributed by atoms with van der Waals surface area (Å²) in [5.74, 6) is 2.49. The van der Waals surface area contributed by atoms with Crippen LogP contribution in [0.5, 0.6) is 11.5 Å². The van der Waals surface area contributed by atoms with Crippen molar-refractivity contribution in [2.75, 3.05) is 38.1 Å². The van der Waals surface area contributed by atoms with Gasteiger partial charge in [-0.3, -0.25) is 0 Å². The molecule has 1 saturated heterocycles. The molecule has 9 heteroatoms. The summed E-state index contributed by atoms with van der Waals surface area (Å²) < 4.78 is 16.1. The molecule has 150 valence electrons. The van der Waals surface area contributed by atoms with Gasteiger partial charge in [0.2, 0.25) is 5.95 Å². The van der Waals surface area contributed by atoms with Crippen LogP contribution in [-0.4, -0.2) is 53.4 Å². The van der Waals surface area contributed by atoms with Crippen LogP contribution in [0.2, 0.25) is 0 Å². The fourth-order valence-corrected chi connectivity index (χ4v) is 3.05. The van der Waals surface area contributed by atoms with Crippen LogP contribution in [0.25, 0.3) is 11.1 Å². The van der Waals surface area contributed by atoms with E-state index in [2.05, 4.69) is 25.6 Å². The monoisotopic (exact) mass is 394 g/mol. The van der Waals surface area contributed by atoms with Gasteiger partial charge in [-0.2, -0.15) is 4.98 Å². The fourth-order valence-electron chi connectivity index (χ4n) is 3.05. The number of hydrogen-bond donors (Lipinski definition) is 2. The molecule has 1 aliphatic rings. The highest BCUT2D eigenvalue weighted by Gasteiger charge is 2.19. The Hall–Kier alpha value is -3.46. The average Bonchev–Trinajstić information content (AvgIpc) is 3.27. The van der Waals surface area contributed by atoms with E-state index >= 15 is 0 Å². The zero-order valence-corrected chi connectivity index (χ0v) is 16.3. The van der Waals surface area contributed by atoms with Crippen LogP contribution in [0, 0.1) is 0 Å². The predicted molar refractivity (Wildman–Crippen MR) is 109 cm³/mol. The average molecular weight is 394 g/mol. The van der Waals surface area contributed by atoms with Crippen molar-refractivity contribution in [1.82, 2.24) is 19.9 Å². The Bertz CT molecular complexity index is 941. The molecule has 9 nitrogen and oxygen atoms in total. The summed E-state index contributed by atoms with van der Waals surface area (Å²) in [6.45, 7) is 1.38. The number of hydrogen-bond acceptors (Lipinski definition) is 9. The zero-order valence-electron chi connectivity index (χ0n) is 16.3. The number of ether oxygens (including phenoxy) is 3. The lowest BCUT2D eigenvalue weighted by atomic mass is 10.1. The standard InChI is InChI=1S/C20H22N6O3/c1-27-16-5-15(6-17(7-16)28-2)25-20-23-10-18(13-8-21-12-22-9-13)19(26-20)24-14-3-4-29-11-14/h5-10,12,14H,3-4,11H2,1-2H3,(H2,23,24,25,26)/t14-/m1/s1. The third-order valence-corrected chi connectivity index (χ3v) is 4.54. The maximum absolute atomic E-state index is 5.48. The number of aromatic nitrogens is 4. The van der Waals surface area contributed by atoms with E-state index in [1.165, 1.54) is 6.33 Å². The van der Waals surface area contributed by atoms with Gasteiger partial charge in [-0.25, -0.2) is 15.0 Å². The predicted octanol–water partition coefficient (Wildman–Crippen LogP) is 2.90. The lowest BCUT2D eigenvalue weighted by molar-refractivity contribution is 0.195. The van der Waals surface area contributed by atoms with Gasteiger partial charge in [0.05, 0.1) is 26.9 Å². The Kier molecular flexibility index (Phi) is 5.66. The van der Waals surface area contributed by atoms with Crippen molar-refractivity contribution in [3.63, 3.8) is 0 Å². The molecular formula is C20H22N6O3. The van der Waals surface area contributed by atoms with Crippen LogP contribution in [0.1, 0.15) is 6.42 Å². The van der Waals surface area contributed by atoms with Crippen molar-refractivity contribution >= 4 is 17.5 Å². The number of rotatable bonds is 7. The summed E-state index contributed by atoms with van der Waals surface area (Å²) in [5.41, 5.74) is 2.42. The molecule has 0 unspecified atom stereocenters. The molecule has 0 spiro atoms. The van der Waals surface area contributed by atoms with Crippen molar-refractivity contribution in [3.8, 4) is 22.6 Å².